The van der Waals surface area contributed by atoms with Crippen LogP contribution in [0.15, 0.2) is 46.0 Å². The number of hydrogen-bond acceptors (Lipinski definition) is 3. The van der Waals surface area contributed by atoms with Crippen molar-refractivity contribution in [2.75, 3.05) is 7.05 Å². The third kappa shape index (κ3) is 4.09. The van der Waals surface area contributed by atoms with Crippen LogP contribution in [0.4, 0.5) is 0 Å². The van der Waals surface area contributed by atoms with Crippen LogP contribution in [-0.2, 0) is 6.54 Å². The molecule has 1 heterocycles. The van der Waals surface area contributed by atoms with Gasteiger partial charge in [0.2, 0.25) is 5.89 Å². The first-order valence-electron chi connectivity index (χ1n) is 9.80. The summed E-state index contributed by atoms with van der Waals surface area (Å²) >= 11 is 0. The highest BCUT2D eigenvalue weighted by Crippen LogP contribution is 2.44. The zero-order valence-electron chi connectivity index (χ0n) is 15.4. The Morgan fingerprint density at radius 3 is 2.77 bits per heavy atom. The lowest BCUT2D eigenvalue weighted by Gasteiger charge is -2.22. The van der Waals surface area contributed by atoms with E-state index in [0.29, 0.717) is 18.5 Å². The maximum absolute atomic E-state index is 5.60. The summed E-state index contributed by atoms with van der Waals surface area (Å²) < 4.78 is 5.60. The number of hydrogen-bond donors (Lipinski definition) is 2. The molecule has 138 valence electrons. The van der Waals surface area contributed by atoms with E-state index in [1.165, 1.54) is 38.5 Å². The van der Waals surface area contributed by atoms with Gasteiger partial charge in [0.1, 0.15) is 6.26 Å². The molecule has 4 rings (SSSR count). The van der Waals surface area contributed by atoms with Gasteiger partial charge in [0, 0.05) is 18.7 Å². The fourth-order valence-electron chi connectivity index (χ4n) is 4.11. The molecule has 2 unspecified atom stereocenters. The van der Waals surface area contributed by atoms with Gasteiger partial charge in [-0.25, -0.2) is 4.98 Å². The molecule has 2 atom stereocenters. The minimum atomic E-state index is 0.585. The summed E-state index contributed by atoms with van der Waals surface area (Å²) in [5.74, 6) is 3.27. The van der Waals surface area contributed by atoms with Gasteiger partial charge in [-0.05, 0) is 30.4 Å². The molecular weight excluding hydrogens is 324 g/mol. The first kappa shape index (κ1) is 17.1. The van der Waals surface area contributed by atoms with Crippen LogP contribution in [0.2, 0.25) is 0 Å². The lowest BCUT2D eigenvalue weighted by molar-refractivity contribution is 0.315. The number of nitrogens with one attached hydrogen (secondary N) is 2. The first-order chi connectivity index (χ1) is 12.8. The van der Waals surface area contributed by atoms with E-state index in [4.69, 9.17) is 4.42 Å². The second-order valence-corrected chi connectivity index (χ2v) is 7.48. The SMILES string of the molecule is CN=C(NCc1coc(-c2ccccc2)n1)NC1CC1C1CCCCC1. The molecule has 0 aliphatic heterocycles. The van der Waals surface area contributed by atoms with Crippen molar-refractivity contribution in [3.8, 4) is 11.5 Å². The zero-order chi connectivity index (χ0) is 17.8. The molecule has 2 N–H and O–H groups in total. The molecule has 2 aliphatic rings. The van der Waals surface area contributed by atoms with Crippen LogP contribution in [0.25, 0.3) is 11.5 Å². The van der Waals surface area contributed by atoms with Crippen LogP contribution < -0.4 is 10.6 Å². The Morgan fingerprint density at radius 1 is 1.19 bits per heavy atom. The zero-order valence-corrected chi connectivity index (χ0v) is 15.4. The Morgan fingerprint density at radius 2 is 2.00 bits per heavy atom. The van der Waals surface area contributed by atoms with Crippen LogP contribution >= 0.6 is 0 Å². The summed E-state index contributed by atoms with van der Waals surface area (Å²) in [6.45, 7) is 0.608. The Balaban J connectivity index is 1.27. The molecular formula is C21H28N4O. The van der Waals surface area contributed by atoms with E-state index in [-0.39, 0.29) is 0 Å². The maximum atomic E-state index is 5.60. The van der Waals surface area contributed by atoms with E-state index in [0.717, 1.165) is 29.1 Å². The molecule has 26 heavy (non-hydrogen) atoms. The molecule has 2 fully saturated rings. The Hall–Kier alpha value is -2.30. The summed E-state index contributed by atoms with van der Waals surface area (Å²) in [4.78, 5) is 8.92. The van der Waals surface area contributed by atoms with Crippen LogP contribution in [0.1, 0.15) is 44.2 Å². The molecule has 0 radical (unpaired) electrons. The lowest BCUT2D eigenvalue weighted by atomic mass is 9.85. The van der Waals surface area contributed by atoms with Gasteiger partial charge in [0.25, 0.3) is 0 Å². The number of oxazole rings is 1. The molecule has 0 amide bonds. The molecule has 2 aromatic rings. The quantitative estimate of drug-likeness (QED) is 0.631. The predicted molar refractivity (Wildman–Crippen MR) is 104 cm³/mol. The van der Waals surface area contributed by atoms with Crippen LogP contribution in [0, 0.1) is 11.8 Å². The predicted octanol–water partition coefficient (Wildman–Crippen LogP) is 3.98. The fraction of sp³-hybridized carbons (Fsp3) is 0.524. The summed E-state index contributed by atoms with van der Waals surface area (Å²) in [6.07, 6.45) is 10.1. The number of benzene rings is 1. The van der Waals surface area contributed by atoms with Gasteiger partial charge in [-0.15, -0.1) is 0 Å². The third-order valence-electron chi connectivity index (χ3n) is 5.65. The van der Waals surface area contributed by atoms with Crippen molar-refractivity contribution in [1.82, 2.24) is 15.6 Å². The highest BCUT2D eigenvalue weighted by Gasteiger charge is 2.43. The number of nitrogens with zero attached hydrogens (tertiary/aromatic N) is 2. The summed E-state index contributed by atoms with van der Waals surface area (Å²) in [6, 6.07) is 10.6. The largest absolute Gasteiger partial charge is 0.444 e. The molecule has 1 aromatic carbocycles. The van der Waals surface area contributed by atoms with Crippen LogP contribution in [-0.4, -0.2) is 24.0 Å². The molecule has 5 nitrogen and oxygen atoms in total. The van der Waals surface area contributed by atoms with E-state index in [2.05, 4.69) is 20.6 Å². The van der Waals surface area contributed by atoms with Crippen LogP contribution in [0.3, 0.4) is 0 Å². The minimum Gasteiger partial charge on any atom is -0.444 e. The van der Waals surface area contributed by atoms with Gasteiger partial charge in [-0.1, -0.05) is 50.3 Å². The minimum absolute atomic E-state index is 0.585. The first-order valence-corrected chi connectivity index (χ1v) is 9.80. The van der Waals surface area contributed by atoms with Gasteiger partial charge < -0.3 is 15.1 Å². The lowest BCUT2D eigenvalue weighted by Crippen LogP contribution is -2.39. The Kier molecular flexibility index (Phi) is 5.23. The standard InChI is InChI=1S/C21H28N4O/c1-22-21(25-19-12-18(19)15-8-4-2-5-9-15)23-13-17-14-26-20(24-17)16-10-6-3-7-11-16/h3,6-7,10-11,14-15,18-19H,2,4-5,8-9,12-13H2,1H3,(H2,22,23,25). The van der Waals surface area contributed by atoms with E-state index in [1.807, 2.05) is 37.4 Å². The summed E-state index contributed by atoms with van der Waals surface area (Å²) in [7, 11) is 1.82. The summed E-state index contributed by atoms with van der Waals surface area (Å²) in [5, 5.41) is 6.94. The van der Waals surface area contributed by atoms with Crippen molar-refractivity contribution in [2.24, 2.45) is 16.8 Å². The molecule has 0 saturated heterocycles. The van der Waals surface area contributed by atoms with Crippen LogP contribution in [0.5, 0.6) is 0 Å². The highest BCUT2D eigenvalue weighted by molar-refractivity contribution is 5.80. The molecule has 1 aromatic heterocycles. The maximum Gasteiger partial charge on any atom is 0.226 e. The van der Waals surface area contributed by atoms with Gasteiger partial charge >= 0.3 is 0 Å². The van der Waals surface area contributed by atoms with Crippen molar-refractivity contribution >= 4 is 5.96 Å². The van der Waals surface area contributed by atoms with Gasteiger partial charge in [0.15, 0.2) is 5.96 Å². The topological polar surface area (TPSA) is 62.5 Å². The average Bonchev–Trinajstić information content (AvgIpc) is 3.31. The highest BCUT2D eigenvalue weighted by atomic mass is 16.3. The van der Waals surface area contributed by atoms with E-state index in [9.17, 15) is 0 Å². The van der Waals surface area contributed by atoms with Crippen molar-refractivity contribution < 1.29 is 4.42 Å². The van der Waals surface area contributed by atoms with E-state index < -0.39 is 0 Å². The van der Waals surface area contributed by atoms with Crippen molar-refractivity contribution in [3.05, 3.63) is 42.3 Å². The average molecular weight is 352 g/mol. The van der Waals surface area contributed by atoms with Gasteiger partial charge in [-0.2, -0.15) is 0 Å². The Labute approximate surface area is 155 Å². The monoisotopic (exact) mass is 352 g/mol. The number of aliphatic imine (C=N–C) groups is 1. The van der Waals surface area contributed by atoms with Gasteiger partial charge in [0.05, 0.1) is 12.2 Å². The van der Waals surface area contributed by atoms with Crippen molar-refractivity contribution in [1.29, 1.82) is 0 Å². The van der Waals surface area contributed by atoms with E-state index >= 15 is 0 Å². The Bertz CT molecular complexity index is 733. The third-order valence-corrected chi connectivity index (χ3v) is 5.65. The normalized spacial score (nSPS) is 23.7. The van der Waals surface area contributed by atoms with Crippen molar-refractivity contribution in [2.45, 2.75) is 51.1 Å². The summed E-state index contributed by atoms with van der Waals surface area (Å²) in [5.41, 5.74) is 1.88. The van der Waals surface area contributed by atoms with E-state index in [1.54, 1.807) is 6.26 Å². The van der Waals surface area contributed by atoms with Crippen molar-refractivity contribution in [3.63, 3.8) is 0 Å². The number of guanidine groups is 1. The van der Waals surface area contributed by atoms with Gasteiger partial charge in [-0.3, -0.25) is 4.99 Å². The molecule has 0 bridgehead atoms. The molecule has 5 heteroatoms. The molecule has 2 aliphatic carbocycles. The molecule has 2 saturated carbocycles. The second-order valence-electron chi connectivity index (χ2n) is 7.48. The molecule has 0 spiro atoms. The second kappa shape index (κ2) is 7.94. The smallest absolute Gasteiger partial charge is 0.226 e. The number of aromatic nitrogens is 1. The number of rotatable bonds is 5. The fourth-order valence-corrected chi connectivity index (χ4v) is 4.11.